The second kappa shape index (κ2) is 6.65. The Hall–Kier alpha value is -1.21. The number of hydrogen-bond acceptors (Lipinski definition) is 6. The summed E-state index contributed by atoms with van der Waals surface area (Å²) in [7, 11) is 0. The molecule has 0 aromatic carbocycles. The van der Waals surface area contributed by atoms with Gasteiger partial charge in [-0.15, -0.1) is 11.3 Å². The van der Waals surface area contributed by atoms with Gasteiger partial charge in [-0.05, 0) is 22.4 Å². The summed E-state index contributed by atoms with van der Waals surface area (Å²) in [6.45, 7) is 3.66. The Morgan fingerprint density at radius 3 is 2.67 bits per heavy atom. The molecule has 18 heavy (non-hydrogen) atoms. The van der Waals surface area contributed by atoms with E-state index in [1.54, 1.807) is 17.7 Å². The third kappa shape index (κ3) is 3.39. The van der Waals surface area contributed by atoms with Crippen molar-refractivity contribution in [2.75, 3.05) is 17.2 Å². The van der Waals surface area contributed by atoms with Crippen molar-refractivity contribution in [2.45, 2.75) is 19.9 Å². The Kier molecular flexibility index (Phi) is 4.89. The van der Waals surface area contributed by atoms with E-state index in [0.717, 1.165) is 34.8 Å². The molecular formula is C11H14BrN5S. The lowest BCUT2D eigenvalue weighted by Gasteiger charge is -2.10. The fourth-order valence-corrected chi connectivity index (χ4v) is 2.40. The molecule has 0 bridgehead atoms. The van der Waals surface area contributed by atoms with Gasteiger partial charge in [0, 0.05) is 11.9 Å². The van der Waals surface area contributed by atoms with Gasteiger partial charge in [0.05, 0.1) is 17.7 Å². The number of anilines is 2. The zero-order valence-electron chi connectivity index (χ0n) is 9.98. The van der Waals surface area contributed by atoms with Crippen molar-refractivity contribution < 1.29 is 0 Å². The van der Waals surface area contributed by atoms with E-state index < -0.39 is 0 Å². The summed E-state index contributed by atoms with van der Waals surface area (Å²) in [5.74, 6) is 1.59. The Labute approximate surface area is 118 Å². The van der Waals surface area contributed by atoms with E-state index in [0.29, 0.717) is 6.54 Å². The number of thiazole rings is 1. The molecule has 0 spiro atoms. The molecule has 96 valence electrons. The highest BCUT2D eigenvalue weighted by Gasteiger charge is 2.08. The molecule has 0 amide bonds. The summed E-state index contributed by atoms with van der Waals surface area (Å²) in [5, 5.41) is 8.50. The van der Waals surface area contributed by atoms with Crippen molar-refractivity contribution in [2.24, 2.45) is 0 Å². The van der Waals surface area contributed by atoms with Crippen LogP contribution in [-0.2, 0) is 6.54 Å². The molecule has 0 aliphatic heterocycles. The Balaban J connectivity index is 2.03. The first kappa shape index (κ1) is 13.2. The fraction of sp³-hybridized carbons (Fsp3) is 0.364. The highest BCUT2D eigenvalue weighted by molar-refractivity contribution is 9.10. The van der Waals surface area contributed by atoms with Crippen LogP contribution >= 0.6 is 27.3 Å². The van der Waals surface area contributed by atoms with Crippen LogP contribution in [0.4, 0.5) is 11.6 Å². The van der Waals surface area contributed by atoms with Crippen LogP contribution in [-0.4, -0.2) is 21.5 Å². The molecule has 0 saturated heterocycles. The van der Waals surface area contributed by atoms with Crippen LogP contribution < -0.4 is 10.6 Å². The summed E-state index contributed by atoms with van der Waals surface area (Å²) >= 11 is 5.09. The second-order valence-electron chi connectivity index (χ2n) is 3.64. The van der Waals surface area contributed by atoms with Crippen molar-refractivity contribution in [1.29, 1.82) is 0 Å². The van der Waals surface area contributed by atoms with E-state index >= 15 is 0 Å². The standard InChI is InChI=1S/C11H14BrN5S/c1-2-3-13-10-9(12)11(16-6-15-10)14-4-8-5-18-7-17-8/h5-7H,2-4H2,1H3,(H2,13,14,15,16). The second-order valence-corrected chi connectivity index (χ2v) is 5.16. The third-order valence-corrected chi connectivity index (χ3v) is 3.64. The van der Waals surface area contributed by atoms with Crippen molar-refractivity contribution >= 4 is 38.9 Å². The van der Waals surface area contributed by atoms with Crippen LogP contribution in [0.2, 0.25) is 0 Å². The van der Waals surface area contributed by atoms with Crippen molar-refractivity contribution in [3.63, 3.8) is 0 Å². The van der Waals surface area contributed by atoms with Crippen LogP contribution in [0.3, 0.4) is 0 Å². The number of halogens is 1. The first-order chi connectivity index (χ1) is 8.81. The van der Waals surface area contributed by atoms with Crippen LogP contribution in [0.1, 0.15) is 19.0 Å². The van der Waals surface area contributed by atoms with Gasteiger partial charge in [0.25, 0.3) is 0 Å². The minimum absolute atomic E-state index is 0.659. The largest absolute Gasteiger partial charge is 0.369 e. The average Bonchev–Trinajstić information content (AvgIpc) is 2.89. The Morgan fingerprint density at radius 2 is 2.00 bits per heavy atom. The van der Waals surface area contributed by atoms with E-state index in [1.807, 2.05) is 10.9 Å². The molecule has 0 aliphatic carbocycles. The first-order valence-corrected chi connectivity index (χ1v) is 7.40. The monoisotopic (exact) mass is 327 g/mol. The molecule has 0 fully saturated rings. The van der Waals surface area contributed by atoms with Crippen molar-refractivity contribution in [1.82, 2.24) is 15.0 Å². The third-order valence-electron chi connectivity index (χ3n) is 2.25. The average molecular weight is 328 g/mol. The molecule has 2 aromatic heterocycles. The molecule has 0 atom stereocenters. The lowest BCUT2D eigenvalue weighted by atomic mass is 10.4. The maximum Gasteiger partial charge on any atom is 0.146 e. The minimum Gasteiger partial charge on any atom is -0.369 e. The topological polar surface area (TPSA) is 62.7 Å². The Morgan fingerprint density at radius 1 is 1.22 bits per heavy atom. The molecule has 5 nitrogen and oxygen atoms in total. The number of rotatable bonds is 6. The lowest BCUT2D eigenvalue weighted by Crippen LogP contribution is -2.07. The van der Waals surface area contributed by atoms with E-state index in [1.165, 1.54) is 0 Å². The van der Waals surface area contributed by atoms with Crippen LogP contribution in [0.5, 0.6) is 0 Å². The summed E-state index contributed by atoms with van der Waals surface area (Å²) in [6, 6.07) is 0. The fourth-order valence-electron chi connectivity index (χ4n) is 1.36. The minimum atomic E-state index is 0.659. The molecule has 0 unspecified atom stereocenters. The molecule has 0 radical (unpaired) electrons. The van der Waals surface area contributed by atoms with Crippen molar-refractivity contribution in [3.8, 4) is 0 Å². The van der Waals surface area contributed by atoms with E-state index in [-0.39, 0.29) is 0 Å². The molecule has 2 rings (SSSR count). The number of nitrogens with one attached hydrogen (secondary N) is 2. The first-order valence-electron chi connectivity index (χ1n) is 5.66. The van der Waals surface area contributed by atoms with Gasteiger partial charge in [0.1, 0.15) is 22.4 Å². The predicted molar refractivity (Wildman–Crippen MR) is 78.0 cm³/mol. The highest BCUT2D eigenvalue weighted by Crippen LogP contribution is 2.26. The quantitative estimate of drug-likeness (QED) is 0.853. The summed E-state index contributed by atoms with van der Waals surface area (Å²) in [4.78, 5) is 12.6. The van der Waals surface area contributed by atoms with Gasteiger partial charge in [0.2, 0.25) is 0 Å². The zero-order valence-corrected chi connectivity index (χ0v) is 12.4. The SMILES string of the molecule is CCCNc1ncnc(NCc2cscn2)c1Br. The molecular weight excluding hydrogens is 314 g/mol. The Bertz CT molecular complexity index is 488. The van der Waals surface area contributed by atoms with Crippen LogP contribution in [0.25, 0.3) is 0 Å². The molecule has 2 aromatic rings. The van der Waals surface area contributed by atoms with Gasteiger partial charge in [-0.2, -0.15) is 0 Å². The van der Waals surface area contributed by atoms with Crippen LogP contribution in [0.15, 0.2) is 21.7 Å². The van der Waals surface area contributed by atoms with Gasteiger partial charge < -0.3 is 10.6 Å². The molecule has 2 heterocycles. The summed E-state index contributed by atoms with van der Waals surface area (Å²) in [6.07, 6.45) is 2.60. The number of aromatic nitrogens is 3. The van der Waals surface area contributed by atoms with Gasteiger partial charge in [-0.1, -0.05) is 6.92 Å². The van der Waals surface area contributed by atoms with E-state index in [2.05, 4.69) is 48.4 Å². The molecule has 7 heteroatoms. The summed E-state index contributed by atoms with van der Waals surface area (Å²) in [5.41, 5.74) is 2.83. The normalized spacial score (nSPS) is 10.3. The number of nitrogens with zero attached hydrogens (tertiary/aromatic N) is 3. The summed E-state index contributed by atoms with van der Waals surface area (Å²) < 4.78 is 0.855. The van der Waals surface area contributed by atoms with E-state index in [4.69, 9.17) is 0 Å². The van der Waals surface area contributed by atoms with E-state index in [9.17, 15) is 0 Å². The lowest BCUT2D eigenvalue weighted by molar-refractivity contribution is 0.959. The van der Waals surface area contributed by atoms with Crippen molar-refractivity contribution in [3.05, 3.63) is 27.4 Å². The van der Waals surface area contributed by atoms with Gasteiger partial charge in [-0.3, -0.25) is 0 Å². The smallest absolute Gasteiger partial charge is 0.146 e. The van der Waals surface area contributed by atoms with Gasteiger partial charge in [0.15, 0.2) is 0 Å². The number of hydrogen-bond donors (Lipinski definition) is 2. The highest BCUT2D eigenvalue weighted by atomic mass is 79.9. The molecule has 0 aliphatic rings. The maximum atomic E-state index is 4.21. The zero-order chi connectivity index (χ0) is 12.8. The molecule has 2 N–H and O–H groups in total. The maximum absolute atomic E-state index is 4.21. The predicted octanol–water partition coefficient (Wildman–Crippen LogP) is 3.13. The van der Waals surface area contributed by atoms with Crippen LogP contribution in [0, 0.1) is 0 Å². The molecule has 0 saturated carbocycles. The van der Waals surface area contributed by atoms with Gasteiger partial charge in [-0.25, -0.2) is 15.0 Å². The van der Waals surface area contributed by atoms with Gasteiger partial charge >= 0.3 is 0 Å².